The van der Waals surface area contributed by atoms with Crippen molar-refractivity contribution >= 4 is 35.1 Å². The van der Waals surface area contributed by atoms with Crippen molar-refractivity contribution in [2.24, 2.45) is 0 Å². The number of hydrogen-bond acceptors (Lipinski definition) is 6. The van der Waals surface area contributed by atoms with Gasteiger partial charge in [0.2, 0.25) is 0 Å². The third-order valence-electron chi connectivity index (χ3n) is 5.16. The Morgan fingerprint density at radius 3 is 2.58 bits per heavy atom. The maximum absolute atomic E-state index is 13.5. The van der Waals surface area contributed by atoms with Crippen molar-refractivity contribution in [1.82, 2.24) is 10.6 Å². The van der Waals surface area contributed by atoms with E-state index in [9.17, 15) is 14.9 Å². The normalized spacial score (nSPS) is 15.3. The Morgan fingerprint density at radius 2 is 1.91 bits per heavy atom. The zero-order valence-corrected chi connectivity index (χ0v) is 19.6. The lowest BCUT2D eigenvalue weighted by molar-refractivity contribution is -0.113. The summed E-state index contributed by atoms with van der Waals surface area (Å²) in [5.41, 5.74) is 3.26. The highest BCUT2D eigenvalue weighted by atomic mass is 32.2. The minimum Gasteiger partial charge on any atom is -0.495 e. The molecule has 0 bridgehead atoms. The maximum Gasteiger partial charge on any atom is 0.318 e. The molecule has 1 aliphatic heterocycles. The van der Waals surface area contributed by atoms with Crippen molar-refractivity contribution in [2.45, 2.75) is 12.8 Å². The molecule has 0 spiro atoms. The number of benzene rings is 2. The number of methoxy groups -OCH3 is 1. The number of para-hydroxylation sites is 2. The minimum absolute atomic E-state index is 0.355. The van der Waals surface area contributed by atoms with Gasteiger partial charge in [0.05, 0.1) is 35.4 Å². The van der Waals surface area contributed by atoms with Gasteiger partial charge in [0.15, 0.2) is 0 Å². The lowest BCUT2D eigenvalue weighted by atomic mass is 9.82. The number of urea groups is 1. The molecule has 0 aliphatic carbocycles. The van der Waals surface area contributed by atoms with E-state index in [1.54, 1.807) is 43.3 Å². The van der Waals surface area contributed by atoms with Crippen molar-refractivity contribution in [1.29, 1.82) is 5.26 Å². The summed E-state index contributed by atoms with van der Waals surface area (Å²) in [6.07, 6.45) is 1.87. The standard InChI is InChI=1S/C24H25N5O3S/c1-14-20(22(30)29-18-10-5-6-11-19(18)32-3)21(17(13-25)23(27-14)33-4)15-8-7-9-16(12-15)28-24(31)26-2/h5-12,21,27H,1-4H3,(H,29,30)(H2,26,28,31). The van der Waals surface area contributed by atoms with E-state index in [2.05, 4.69) is 27.3 Å². The Hall–Kier alpha value is -3.90. The van der Waals surface area contributed by atoms with Crippen molar-refractivity contribution in [3.8, 4) is 11.8 Å². The van der Waals surface area contributed by atoms with Crippen LogP contribution in [0.25, 0.3) is 0 Å². The summed E-state index contributed by atoms with van der Waals surface area (Å²) in [5, 5.41) is 22.1. The Bertz CT molecular complexity index is 1180. The second kappa shape index (κ2) is 10.6. The van der Waals surface area contributed by atoms with Crippen molar-refractivity contribution in [2.75, 3.05) is 31.0 Å². The van der Waals surface area contributed by atoms with E-state index in [-0.39, 0.29) is 11.9 Å². The van der Waals surface area contributed by atoms with Crippen LogP contribution >= 0.6 is 11.8 Å². The third-order valence-corrected chi connectivity index (χ3v) is 5.89. The van der Waals surface area contributed by atoms with Crippen molar-refractivity contribution in [3.63, 3.8) is 0 Å². The average Bonchev–Trinajstić information content (AvgIpc) is 2.83. The van der Waals surface area contributed by atoms with Gasteiger partial charge in [0.1, 0.15) is 5.75 Å². The minimum atomic E-state index is -0.625. The number of rotatable bonds is 6. The van der Waals surface area contributed by atoms with Crippen LogP contribution in [0.1, 0.15) is 18.4 Å². The summed E-state index contributed by atoms with van der Waals surface area (Å²) >= 11 is 1.40. The molecule has 0 aromatic heterocycles. The highest BCUT2D eigenvalue weighted by Gasteiger charge is 2.34. The van der Waals surface area contributed by atoms with Crippen LogP contribution in [0.4, 0.5) is 16.2 Å². The molecule has 0 saturated heterocycles. The van der Waals surface area contributed by atoms with Gasteiger partial charge >= 0.3 is 6.03 Å². The molecular formula is C24H25N5O3S. The zero-order valence-electron chi connectivity index (χ0n) is 18.8. The van der Waals surface area contributed by atoms with Gasteiger partial charge in [-0.3, -0.25) is 4.79 Å². The molecule has 2 aromatic carbocycles. The number of carbonyl (C=O) groups excluding carboxylic acids is 2. The molecule has 9 heteroatoms. The molecule has 1 unspecified atom stereocenters. The van der Waals surface area contributed by atoms with Crippen LogP contribution in [-0.2, 0) is 4.79 Å². The summed E-state index contributed by atoms with van der Waals surface area (Å²) in [4.78, 5) is 25.3. The van der Waals surface area contributed by atoms with E-state index in [0.717, 1.165) is 0 Å². The second-order valence-electron chi connectivity index (χ2n) is 7.14. The number of amides is 3. The van der Waals surface area contributed by atoms with Gasteiger partial charge in [-0.15, -0.1) is 11.8 Å². The Kier molecular flexibility index (Phi) is 7.64. The van der Waals surface area contributed by atoms with E-state index in [0.29, 0.717) is 44.6 Å². The first-order valence-electron chi connectivity index (χ1n) is 10.1. The van der Waals surface area contributed by atoms with Crippen LogP contribution in [0.2, 0.25) is 0 Å². The third kappa shape index (κ3) is 5.13. The molecule has 0 radical (unpaired) electrons. The Balaban J connectivity index is 2.08. The molecule has 1 heterocycles. The molecule has 1 aliphatic rings. The first kappa shape index (κ1) is 23.8. The van der Waals surface area contributed by atoms with Crippen molar-refractivity contribution in [3.05, 3.63) is 76.0 Å². The predicted octanol–water partition coefficient (Wildman–Crippen LogP) is 4.14. The van der Waals surface area contributed by atoms with Gasteiger partial charge in [0, 0.05) is 24.0 Å². The number of dihydropyridines is 1. The van der Waals surface area contributed by atoms with E-state index in [1.807, 2.05) is 18.4 Å². The molecular weight excluding hydrogens is 438 g/mol. The van der Waals surface area contributed by atoms with Crippen LogP contribution in [0.3, 0.4) is 0 Å². The SMILES string of the molecule is CNC(=O)Nc1cccc(C2C(C#N)=C(SC)NC(C)=C2C(=O)Nc2ccccc2OC)c1. The van der Waals surface area contributed by atoms with E-state index < -0.39 is 5.92 Å². The lowest BCUT2D eigenvalue weighted by Crippen LogP contribution is -2.30. The molecule has 33 heavy (non-hydrogen) atoms. The fourth-order valence-electron chi connectivity index (χ4n) is 3.64. The molecule has 0 saturated carbocycles. The van der Waals surface area contributed by atoms with Gasteiger partial charge in [-0.05, 0) is 43.0 Å². The van der Waals surface area contributed by atoms with Gasteiger partial charge in [-0.2, -0.15) is 5.26 Å². The van der Waals surface area contributed by atoms with Gasteiger partial charge in [0.25, 0.3) is 5.91 Å². The summed E-state index contributed by atoms with van der Waals surface area (Å²) in [6.45, 7) is 1.81. The van der Waals surface area contributed by atoms with E-state index >= 15 is 0 Å². The summed E-state index contributed by atoms with van der Waals surface area (Å²) < 4.78 is 5.35. The summed E-state index contributed by atoms with van der Waals surface area (Å²) in [6, 6.07) is 16.2. The number of thioether (sulfide) groups is 1. The smallest absolute Gasteiger partial charge is 0.318 e. The van der Waals surface area contributed by atoms with Crippen LogP contribution in [0, 0.1) is 11.3 Å². The number of carbonyl (C=O) groups is 2. The quantitative estimate of drug-likeness (QED) is 0.512. The molecule has 170 valence electrons. The number of allylic oxidation sites excluding steroid dienone is 2. The predicted molar refractivity (Wildman–Crippen MR) is 131 cm³/mol. The fourth-order valence-corrected chi connectivity index (χ4v) is 4.27. The Morgan fingerprint density at radius 1 is 1.15 bits per heavy atom. The second-order valence-corrected chi connectivity index (χ2v) is 7.96. The Labute approximate surface area is 197 Å². The van der Waals surface area contributed by atoms with Crippen molar-refractivity contribution < 1.29 is 14.3 Å². The first-order valence-corrected chi connectivity index (χ1v) is 11.3. The lowest BCUT2D eigenvalue weighted by Gasteiger charge is -2.29. The molecule has 8 nitrogen and oxygen atoms in total. The molecule has 0 fully saturated rings. The number of nitrogens with zero attached hydrogens (tertiary/aromatic N) is 1. The van der Waals surface area contributed by atoms with Crippen LogP contribution in [0.15, 0.2) is 70.4 Å². The maximum atomic E-state index is 13.5. The van der Waals surface area contributed by atoms with Gasteiger partial charge in [-0.25, -0.2) is 4.79 Å². The highest BCUT2D eigenvalue weighted by Crippen LogP contribution is 2.41. The molecule has 3 amide bonds. The van der Waals surface area contributed by atoms with Gasteiger partial charge < -0.3 is 26.0 Å². The largest absolute Gasteiger partial charge is 0.495 e. The highest BCUT2D eigenvalue weighted by molar-refractivity contribution is 8.02. The summed E-state index contributed by atoms with van der Waals surface area (Å²) in [5.74, 6) is -0.450. The molecule has 3 rings (SSSR count). The molecule has 1 atom stereocenters. The number of nitrogens with one attached hydrogen (secondary N) is 4. The number of anilines is 2. The summed E-state index contributed by atoms with van der Waals surface area (Å²) in [7, 11) is 3.06. The van der Waals surface area contributed by atoms with E-state index in [1.165, 1.54) is 25.9 Å². The number of ether oxygens (including phenoxy) is 1. The van der Waals surface area contributed by atoms with Crippen LogP contribution in [0.5, 0.6) is 5.75 Å². The first-order chi connectivity index (χ1) is 15.9. The fraction of sp³-hybridized carbons (Fsp3) is 0.208. The monoisotopic (exact) mass is 463 g/mol. The van der Waals surface area contributed by atoms with Gasteiger partial charge in [-0.1, -0.05) is 24.3 Å². The van der Waals surface area contributed by atoms with Crippen LogP contribution in [-0.4, -0.2) is 32.4 Å². The van der Waals surface area contributed by atoms with Crippen LogP contribution < -0.4 is 26.0 Å². The zero-order chi connectivity index (χ0) is 24.0. The number of hydrogen-bond donors (Lipinski definition) is 4. The number of nitriles is 1. The van der Waals surface area contributed by atoms with E-state index in [4.69, 9.17) is 4.74 Å². The molecule has 2 aromatic rings. The average molecular weight is 464 g/mol. The molecule has 4 N–H and O–H groups in total. The topological polar surface area (TPSA) is 115 Å².